The van der Waals surface area contributed by atoms with Gasteiger partial charge in [0.15, 0.2) is 0 Å². The summed E-state index contributed by atoms with van der Waals surface area (Å²) in [5.41, 5.74) is -0.678. The summed E-state index contributed by atoms with van der Waals surface area (Å²) in [6, 6.07) is 4.55. The molecule has 4 nitrogen and oxygen atoms in total. The van der Waals surface area contributed by atoms with Crippen LogP contribution >= 0.6 is 15.9 Å². The molecule has 2 rings (SSSR count). The molecule has 0 radical (unpaired) electrons. The van der Waals surface area contributed by atoms with Crippen molar-refractivity contribution in [2.75, 3.05) is 5.32 Å². The number of nitrogens with one attached hydrogen (secondary N) is 1. The van der Waals surface area contributed by atoms with Crippen molar-refractivity contribution in [2.45, 2.75) is 19.6 Å². The van der Waals surface area contributed by atoms with Gasteiger partial charge in [-0.3, -0.25) is 9.48 Å². The molecular weight excluding hydrogens is 363 g/mol. The molecule has 2 aromatic rings. The molecule has 0 unspecified atom stereocenters. The number of anilines is 1. The lowest BCUT2D eigenvalue weighted by Crippen LogP contribution is -2.24. The van der Waals surface area contributed by atoms with Gasteiger partial charge in [0.05, 0.1) is 28.7 Å². The topological polar surface area (TPSA) is 46.9 Å². The van der Waals surface area contributed by atoms with Crippen molar-refractivity contribution in [1.82, 2.24) is 9.78 Å². The number of carbonyl (C=O) groups is 1. The second kappa shape index (κ2) is 6.51. The van der Waals surface area contributed by atoms with Gasteiger partial charge >= 0.3 is 6.18 Å². The first kappa shape index (κ1) is 16.5. The number of nitrogens with zero attached hydrogens (tertiary/aromatic N) is 2. The van der Waals surface area contributed by atoms with Gasteiger partial charge in [0.1, 0.15) is 0 Å². The second-order valence-corrected chi connectivity index (χ2v) is 5.77. The molecule has 1 atom stereocenters. The molecule has 1 aromatic carbocycles. The minimum atomic E-state index is -4.44. The van der Waals surface area contributed by atoms with Gasteiger partial charge in [-0.15, -0.1) is 0 Å². The second-order valence-electron chi connectivity index (χ2n) is 4.85. The average Bonchev–Trinajstić information content (AvgIpc) is 2.83. The summed E-state index contributed by atoms with van der Waals surface area (Å²) in [4.78, 5) is 12.0. The number of aromatic nitrogens is 2. The highest BCUT2D eigenvalue weighted by Gasteiger charge is 2.30. The Kier molecular flexibility index (Phi) is 4.90. The predicted octanol–water partition coefficient (Wildman–Crippen LogP) is 3.94. The molecular formula is C14H13BrF3N3O. The first-order valence-electron chi connectivity index (χ1n) is 6.42. The Morgan fingerprint density at radius 3 is 2.77 bits per heavy atom. The maximum Gasteiger partial charge on any atom is 0.416 e. The Morgan fingerprint density at radius 2 is 2.18 bits per heavy atom. The Morgan fingerprint density at radius 1 is 1.45 bits per heavy atom. The maximum atomic E-state index is 12.6. The van der Waals surface area contributed by atoms with Gasteiger partial charge in [-0.25, -0.2) is 0 Å². The molecule has 0 fully saturated rings. The summed E-state index contributed by atoms with van der Waals surface area (Å²) in [6.45, 7) is 2.01. The summed E-state index contributed by atoms with van der Waals surface area (Å²) in [6.07, 6.45) is -1.13. The van der Waals surface area contributed by atoms with Crippen molar-refractivity contribution >= 4 is 27.5 Å². The molecule has 118 valence electrons. The number of halogens is 4. The molecule has 0 aliphatic heterocycles. The number of hydrogen-bond donors (Lipinski definition) is 1. The van der Waals surface area contributed by atoms with Crippen molar-refractivity contribution in [3.63, 3.8) is 0 Å². The standard InChI is InChI=1S/C14H13BrF3N3O/c1-9(7-21-8-11(15)6-19-21)13(22)20-12-4-2-3-10(5-12)14(16,17)18/h2-6,8-9H,7H2,1H3,(H,20,22)/t9-/m1/s1. The van der Waals surface area contributed by atoms with Crippen LogP contribution in [0.5, 0.6) is 0 Å². The van der Waals surface area contributed by atoms with Crippen LogP contribution < -0.4 is 5.32 Å². The molecule has 0 aliphatic carbocycles. The summed E-state index contributed by atoms with van der Waals surface area (Å²) >= 11 is 3.25. The third kappa shape index (κ3) is 4.33. The molecule has 0 aliphatic rings. The lowest BCUT2D eigenvalue weighted by molar-refractivity contribution is -0.137. The Bertz CT molecular complexity index is 669. The van der Waals surface area contributed by atoms with Crippen LogP contribution in [0.25, 0.3) is 0 Å². The molecule has 8 heteroatoms. The SMILES string of the molecule is C[C@H](Cn1cc(Br)cn1)C(=O)Nc1cccc(C(F)(F)F)c1. The van der Waals surface area contributed by atoms with E-state index >= 15 is 0 Å². The Hall–Kier alpha value is -1.83. The van der Waals surface area contributed by atoms with E-state index in [1.165, 1.54) is 12.1 Å². The zero-order valence-corrected chi connectivity index (χ0v) is 13.1. The fourth-order valence-electron chi connectivity index (χ4n) is 1.84. The summed E-state index contributed by atoms with van der Waals surface area (Å²) in [7, 11) is 0. The molecule has 0 bridgehead atoms. The van der Waals surface area contributed by atoms with Crippen molar-refractivity contribution in [2.24, 2.45) is 5.92 Å². The van der Waals surface area contributed by atoms with Gasteiger partial charge < -0.3 is 5.32 Å². The van der Waals surface area contributed by atoms with Crippen molar-refractivity contribution < 1.29 is 18.0 Å². The van der Waals surface area contributed by atoms with E-state index in [0.717, 1.165) is 16.6 Å². The first-order chi connectivity index (χ1) is 10.3. The number of alkyl halides is 3. The highest BCUT2D eigenvalue weighted by molar-refractivity contribution is 9.10. The highest BCUT2D eigenvalue weighted by atomic mass is 79.9. The van der Waals surface area contributed by atoms with Crippen LogP contribution in [0.1, 0.15) is 12.5 Å². The Labute approximate surface area is 133 Å². The summed E-state index contributed by atoms with van der Waals surface area (Å²) in [5.74, 6) is -0.813. The van der Waals surface area contributed by atoms with E-state index in [9.17, 15) is 18.0 Å². The molecule has 0 saturated carbocycles. The van der Waals surface area contributed by atoms with Crippen LogP contribution in [-0.4, -0.2) is 15.7 Å². The molecule has 22 heavy (non-hydrogen) atoms. The van der Waals surface area contributed by atoms with Gasteiger partial charge in [-0.05, 0) is 34.1 Å². The fourth-order valence-corrected chi connectivity index (χ4v) is 2.17. The van der Waals surface area contributed by atoms with Crippen LogP contribution in [0.3, 0.4) is 0 Å². The highest BCUT2D eigenvalue weighted by Crippen LogP contribution is 2.30. The molecule has 1 amide bonds. The number of amides is 1. The lowest BCUT2D eigenvalue weighted by atomic mass is 10.1. The predicted molar refractivity (Wildman–Crippen MR) is 79.2 cm³/mol. The molecule has 1 aromatic heterocycles. The smallest absolute Gasteiger partial charge is 0.326 e. The first-order valence-corrected chi connectivity index (χ1v) is 7.21. The molecule has 0 spiro atoms. The van der Waals surface area contributed by atoms with Crippen molar-refractivity contribution in [3.8, 4) is 0 Å². The van der Waals surface area contributed by atoms with Gasteiger partial charge in [-0.2, -0.15) is 18.3 Å². The fraction of sp³-hybridized carbons (Fsp3) is 0.286. The van der Waals surface area contributed by atoms with E-state index in [1.807, 2.05) is 0 Å². The van der Waals surface area contributed by atoms with Crippen molar-refractivity contribution in [1.29, 1.82) is 0 Å². The summed E-state index contributed by atoms with van der Waals surface area (Å²) < 4.78 is 40.2. The minimum absolute atomic E-state index is 0.119. The summed E-state index contributed by atoms with van der Waals surface area (Å²) in [5, 5.41) is 6.52. The Balaban J connectivity index is 2.02. The van der Waals surface area contributed by atoms with E-state index in [1.54, 1.807) is 24.0 Å². The normalized spacial score (nSPS) is 13.0. The number of carbonyl (C=O) groups excluding carboxylic acids is 1. The number of hydrogen-bond acceptors (Lipinski definition) is 2. The molecule has 1 heterocycles. The quantitative estimate of drug-likeness (QED) is 0.879. The zero-order valence-electron chi connectivity index (χ0n) is 11.6. The molecule has 0 saturated heterocycles. The minimum Gasteiger partial charge on any atom is -0.326 e. The average molecular weight is 376 g/mol. The van der Waals surface area contributed by atoms with Crippen LogP contribution in [0, 0.1) is 5.92 Å². The van der Waals surface area contributed by atoms with Crippen LogP contribution in [0.2, 0.25) is 0 Å². The zero-order chi connectivity index (χ0) is 16.3. The van der Waals surface area contributed by atoms with E-state index in [4.69, 9.17) is 0 Å². The van der Waals surface area contributed by atoms with E-state index in [0.29, 0.717) is 6.54 Å². The van der Waals surface area contributed by atoms with Crippen LogP contribution in [0.4, 0.5) is 18.9 Å². The van der Waals surface area contributed by atoms with Crippen molar-refractivity contribution in [3.05, 3.63) is 46.7 Å². The largest absolute Gasteiger partial charge is 0.416 e. The van der Waals surface area contributed by atoms with Crippen LogP contribution in [0.15, 0.2) is 41.1 Å². The van der Waals surface area contributed by atoms with E-state index in [-0.39, 0.29) is 11.6 Å². The van der Waals surface area contributed by atoms with Gasteiger partial charge in [0.2, 0.25) is 5.91 Å². The third-order valence-electron chi connectivity index (χ3n) is 2.97. The van der Waals surface area contributed by atoms with Gasteiger partial charge in [0.25, 0.3) is 0 Å². The van der Waals surface area contributed by atoms with E-state index < -0.39 is 17.7 Å². The monoisotopic (exact) mass is 375 g/mol. The number of benzene rings is 1. The number of rotatable bonds is 4. The molecule has 1 N–H and O–H groups in total. The van der Waals surface area contributed by atoms with E-state index in [2.05, 4.69) is 26.3 Å². The maximum absolute atomic E-state index is 12.6. The van der Waals surface area contributed by atoms with Gasteiger partial charge in [0, 0.05) is 11.9 Å². The lowest BCUT2D eigenvalue weighted by Gasteiger charge is -2.13. The van der Waals surface area contributed by atoms with Crippen LogP contribution in [-0.2, 0) is 17.5 Å². The third-order valence-corrected chi connectivity index (χ3v) is 3.38. The van der Waals surface area contributed by atoms with Gasteiger partial charge in [-0.1, -0.05) is 13.0 Å².